The molecule has 8 heteroatoms. The number of pyridine rings is 1. The maximum atomic E-state index is 12.7. The van der Waals surface area contributed by atoms with E-state index in [0.717, 1.165) is 22.4 Å². The number of likely N-dealkylation sites (N-methyl/N-ethyl adjacent to an activating group) is 1. The lowest BCUT2D eigenvalue weighted by atomic mass is 10.1. The molecule has 8 nitrogen and oxygen atoms in total. The van der Waals surface area contributed by atoms with Gasteiger partial charge in [-0.25, -0.2) is 4.79 Å². The number of nitrogens with one attached hydrogen (secondary N) is 2. The average molecular weight is 461 g/mol. The molecule has 3 amide bonds. The molecule has 0 atom stereocenters. The number of amides is 3. The lowest BCUT2D eigenvalue weighted by Crippen LogP contribution is -2.28. The minimum atomic E-state index is -0.848. The number of benzene rings is 2. The molecule has 0 bridgehead atoms. The summed E-state index contributed by atoms with van der Waals surface area (Å²) in [7, 11) is 1.71. The summed E-state index contributed by atoms with van der Waals surface area (Å²) in [5.74, 6) is -0.922. The third-order valence-electron chi connectivity index (χ3n) is 5.29. The Morgan fingerprint density at radius 3 is 2.41 bits per heavy atom. The molecule has 3 N–H and O–H groups in total. The molecule has 1 aromatic heterocycles. The van der Waals surface area contributed by atoms with E-state index in [9.17, 15) is 14.4 Å². The fraction of sp³-hybridized carbons (Fsp3) is 0.231. The van der Waals surface area contributed by atoms with E-state index in [1.807, 2.05) is 37.3 Å². The Morgan fingerprint density at radius 1 is 0.971 bits per heavy atom. The van der Waals surface area contributed by atoms with Gasteiger partial charge in [0.05, 0.1) is 18.7 Å². The van der Waals surface area contributed by atoms with Gasteiger partial charge < -0.3 is 20.6 Å². The number of carbonyl (C=O) groups is 3. The van der Waals surface area contributed by atoms with E-state index in [-0.39, 0.29) is 24.8 Å². The van der Waals surface area contributed by atoms with Crippen LogP contribution in [-0.2, 0) is 29.0 Å². The van der Waals surface area contributed by atoms with Crippen LogP contribution in [0.3, 0.4) is 0 Å². The van der Waals surface area contributed by atoms with Crippen molar-refractivity contribution in [2.75, 3.05) is 17.7 Å². The first kappa shape index (κ1) is 24.4. The second kappa shape index (κ2) is 11.6. The van der Waals surface area contributed by atoms with E-state index >= 15 is 0 Å². The number of para-hydroxylation sites is 1. The number of anilines is 2. The quantitative estimate of drug-likeness (QED) is 0.442. The Balaban J connectivity index is 1.51. The molecule has 0 saturated heterocycles. The standard InChI is InChI=1S/C26H28N4O4/c1-18-5-3-4-6-23(18)29-26(34)28-21-10-7-19(8-11-21)16-24(31)30(2)17-22-15-20(13-14-27-22)9-12-25(32)33/h3-8,10-11,13-15H,9,12,16-17H2,1-2H3,(H,32,33)(H2,28,29,34). The number of rotatable bonds is 9. The molecular weight excluding hydrogens is 432 g/mol. The first-order valence-corrected chi connectivity index (χ1v) is 10.9. The predicted molar refractivity (Wildman–Crippen MR) is 131 cm³/mol. The van der Waals surface area contributed by atoms with Crippen LogP contribution >= 0.6 is 0 Å². The third-order valence-corrected chi connectivity index (χ3v) is 5.29. The molecule has 0 aliphatic heterocycles. The molecule has 1 heterocycles. The molecule has 0 radical (unpaired) electrons. The first-order chi connectivity index (χ1) is 16.3. The number of nitrogens with zero attached hydrogens (tertiary/aromatic N) is 2. The Hall–Kier alpha value is -4.20. The van der Waals surface area contributed by atoms with Gasteiger partial charge in [0.25, 0.3) is 0 Å². The van der Waals surface area contributed by atoms with Crippen LogP contribution in [0.15, 0.2) is 66.9 Å². The first-order valence-electron chi connectivity index (χ1n) is 10.9. The summed E-state index contributed by atoms with van der Waals surface area (Å²) in [6.45, 7) is 2.25. The number of aliphatic carboxylic acids is 1. The Kier molecular flexibility index (Phi) is 8.34. The summed E-state index contributed by atoms with van der Waals surface area (Å²) in [5.41, 5.74) is 4.74. The maximum Gasteiger partial charge on any atom is 0.323 e. The summed E-state index contributed by atoms with van der Waals surface area (Å²) in [4.78, 5) is 41.5. The van der Waals surface area contributed by atoms with Gasteiger partial charge in [-0.1, -0.05) is 30.3 Å². The van der Waals surface area contributed by atoms with Crippen molar-refractivity contribution in [3.8, 4) is 0 Å². The molecule has 0 fully saturated rings. The molecule has 3 aromatic rings. The van der Waals surface area contributed by atoms with E-state index in [1.54, 1.807) is 48.5 Å². The normalized spacial score (nSPS) is 10.4. The van der Waals surface area contributed by atoms with Gasteiger partial charge >= 0.3 is 12.0 Å². The highest BCUT2D eigenvalue weighted by Crippen LogP contribution is 2.15. The van der Waals surface area contributed by atoms with Crippen LogP contribution in [0.4, 0.5) is 16.2 Å². The SMILES string of the molecule is Cc1ccccc1NC(=O)Nc1ccc(CC(=O)N(C)Cc2cc(CCC(=O)O)ccn2)cc1. The molecule has 0 saturated carbocycles. The molecule has 176 valence electrons. The number of carboxylic acid groups (broad SMARTS) is 1. The van der Waals surface area contributed by atoms with Crippen LogP contribution in [0.2, 0.25) is 0 Å². The number of urea groups is 1. The van der Waals surface area contributed by atoms with Gasteiger partial charge in [0.2, 0.25) is 5.91 Å². The predicted octanol–water partition coefficient (Wildman–Crippen LogP) is 4.25. The number of hydrogen-bond acceptors (Lipinski definition) is 4. The van der Waals surface area contributed by atoms with Crippen molar-refractivity contribution in [2.24, 2.45) is 0 Å². The van der Waals surface area contributed by atoms with Gasteiger partial charge in [-0.05, 0) is 60.4 Å². The van der Waals surface area contributed by atoms with E-state index in [1.165, 1.54) is 0 Å². The fourth-order valence-corrected chi connectivity index (χ4v) is 3.37. The highest BCUT2D eigenvalue weighted by molar-refractivity contribution is 6.00. The molecule has 0 aliphatic rings. The summed E-state index contributed by atoms with van der Waals surface area (Å²) < 4.78 is 0. The second-order valence-electron chi connectivity index (χ2n) is 8.07. The molecule has 0 aliphatic carbocycles. The zero-order valence-corrected chi connectivity index (χ0v) is 19.2. The van der Waals surface area contributed by atoms with Gasteiger partial charge in [-0.3, -0.25) is 14.6 Å². The highest BCUT2D eigenvalue weighted by atomic mass is 16.4. The number of carbonyl (C=O) groups excluding carboxylic acids is 2. The maximum absolute atomic E-state index is 12.7. The van der Waals surface area contributed by atoms with Gasteiger partial charge in [-0.15, -0.1) is 0 Å². The lowest BCUT2D eigenvalue weighted by molar-refractivity contribution is -0.137. The fourth-order valence-electron chi connectivity index (χ4n) is 3.37. The number of hydrogen-bond donors (Lipinski definition) is 3. The Morgan fingerprint density at radius 2 is 1.71 bits per heavy atom. The minimum absolute atomic E-state index is 0.0522. The highest BCUT2D eigenvalue weighted by Gasteiger charge is 2.12. The van der Waals surface area contributed by atoms with Crippen LogP contribution < -0.4 is 10.6 Å². The van der Waals surface area contributed by atoms with E-state index in [0.29, 0.717) is 24.3 Å². The monoisotopic (exact) mass is 460 g/mol. The van der Waals surface area contributed by atoms with Crippen molar-refractivity contribution in [1.82, 2.24) is 9.88 Å². The summed E-state index contributed by atoms with van der Waals surface area (Å²) in [6, 6.07) is 17.9. The topological polar surface area (TPSA) is 112 Å². The van der Waals surface area contributed by atoms with Crippen LogP contribution in [0.1, 0.15) is 28.8 Å². The zero-order chi connectivity index (χ0) is 24.5. The van der Waals surface area contributed by atoms with Crippen LogP contribution in [0.5, 0.6) is 0 Å². The van der Waals surface area contributed by atoms with Crippen molar-refractivity contribution in [1.29, 1.82) is 0 Å². The van der Waals surface area contributed by atoms with E-state index in [2.05, 4.69) is 15.6 Å². The summed E-state index contributed by atoms with van der Waals surface area (Å²) in [5, 5.41) is 14.4. The Labute approximate surface area is 198 Å². The second-order valence-corrected chi connectivity index (χ2v) is 8.07. The molecule has 0 unspecified atom stereocenters. The van der Waals surface area contributed by atoms with E-state index < -0.39 is 5.97 Å². The number of aryl methyl sites for hydroxylation is 2. The number of aromatic nitrogens is 1. The van der Waals surface area contributed by atoms with Crippen LogP contribution in [0, 0.1) is 6.92 Å². The van der Waals surface area contributed by atoms with Gasteiger partial charge in [0.15, 0.2) is 0 Å². The average Bonchev–Trinajstić information content (AvgIpc) is 2.80. The van der Waals surface area contributed by atoms with Crippen molar-refractivity contribution in [3.05, 3.63) is 89.2 Å². The minimum Gasteiger partial charge on any atom is -0.481 e. The zero-order valence-electron chi connectivity index (χ0n) is 19.2. The third kappa shape index (κ3) is 7.44. The number of carboxylic acids is 1. The van der Waals surface area contributed by atoms with Gasteiger partial charge in [0.1, 0.15) is 0 Å². The van der Waals surface area contributed by atoms with Gasteiger partial charge in [0, 0.05) is 31.0 Å². The van der Waals surface area contributed by atoms with Crippen LogP contribution in [-0.4, -0.2) is 39.9 Å². The summed E-state index contributed by atoms with van der Waals surface area (Å²) in [6.07, 6.45) is 2.32. The van der Waals surface area contributed by atoms with Crippen molar-refractivity contribution >= 4 is 29.3 Å². The van der Waals surface area contributed by atoms with Crippen molar-refractivity contribution in [2.45, 2.75) is 32.7 Å². The molecular formula is C26H28N4O4. The molecule has 2 aromatic carbocycles. The molecule has 0 spiro atoms. The van der Waals surface area contributed by atoms with Gasteiger partial charge in [-0.2, -0.15) is 0 Å². The van der Waals surface area contributed by atoms with Crippen LogP contribution in [0.25, 0.3) is 0 Å². The Bertz CT molecular complexity index is 1160. The van der Waals surface area contributed by atoms with E-state index in [4.69, 9.17) is 5.11 Å². The molecule has 34 heavy (non-hydrogen) atoms. The summed E-state index contributed by atoms with van der Waals surface area (Å²) >= 11 is 0. The van der Waals surface area contributed by atoms with Crippen molar-refractivity contribution in [3.63, 3.8) is 0 Å². The smallest absolute Gasteiger partial charge is 0.323 e. The van der Waals surface area contributed by atoms with Crippen molar-refractivity contribution < 1.29 is 19.5 Å². The largest absolute Gasteiger partial charge is 0.481 e. The lowest BCUT2D eigenvalue weighted by Gasteiger charge is -2.17. The molecule has 3 rings (SSSR count).